The minimum absolute atomic E-state index is 0.0416. The summed E-state index contributed by atoms with van der Waals surface area (Å²) in [5, 5.41) is 3.49. The van der Waals surface area contributed by atoms with Crippen LogP contribution >= 0.6 is 0 Å². The van der Waals surface area contributed by atoms with Gasteiger partial charge in [0.05, 0.1) is 5.69 Å². The Balaban J connectivity index is 1.76. The Labute approximate surface area is 201 Å². The number of carbonyl (C=O) groups is 1. The molecule has 0 saturated heterocycles. The van der Waals surface area contributed by atoms with Crippen LogP contribution in [-0.4, -0.2) is 11.5 Å². The van der Waals surface area contributed by atoms with Crippen molar-refractivity contribution in [2.45, 2.75) is 20.4 Å². The number of ketones is 1. The third-order valence-electron chi connectivity index (χ3n) is 5.75. The van der Waals surface area contributed by atoms with Crippen LogP contribution in [0.25, 0.3) is 16.8 Å². The van der Waals surface area contributed by atoms with Gasteiger partial charge >= 0.3 is 0 Å². The van der Waals surface area contributed by atoms with Gasteiger partial charge in [0.2, 0.25) is 0 Å². The Bertz CT molecular complexity index is 1340. The molecule has 4 rings (SSSR count). The molecule has 0 fully saturated rings. The maximum Gasteiger partial charge on any atom is 0.159 e. The van der Waals surface area contributed by atoms with Crippen LogP contribution in [0.15, 0.2) is 115 Å². The van der Waals surface area contributed by atoms with Gasteiger partial charge in [-0.25, -0.2) is 0 Å². The predicted octanol–water partition coefficient (Wildman–Crippen LogP) is 7.46. The first-order chi connectivity index (χ1) is 16.5. The molecule has 0 radical (unpaired) electrons. The fourth-order valence-electron chi connectivity index (χ4n) is 3.91. The summed E-state index contributed by atoms with van der Waals surface area (Å²) in [6, 6.07) is 34.3. The van der Waals surface area contributed by atoms with Gasteiger partial charge in [0.15, 0.2) is 5.78 Å². The zero-order chi connectivity index (χ0) is 23.9. The Morgan fingerprint density at radius 1 is 0.794 bits per heavy atom. The lowest BCUT2D eigenvalue weighted by atomic mass is 9.96. The van der Waals surface area contributed by atoms with Gasteiger partial charge < -0.3 is 5.32 Å². The topological polar surface area (TPSA) is 41.5 Å². The van der Waals surface area contributed by atoms with E-state index < -0.39 is 0 Å². The van der Waals surface area contributed by atoms with E-state index in [0.717, 1.165) is 39.3 Å². The molecule has 0 bridgehead atoms. The minimum atomic E-state index is 0.0416. The van der Waals surface area contributed by atoms with Crippen molar-refractivity contribution in [3.05, 3.63) is 132 Å². The minimum Gasteiger partial charge on any atom is -0.381 e. The molecule has 0 aliphatic carbocycles. The molecule has 0 aliphatic heterocycles. The Morgan fingerprint density at radius 3 is 2.15 bits per heavy atom. The van der Waals surface area contributed by atoms with Crippen LogP contribution < -0.4 is 5.32 Å². The Kier molecular flexibility index (Phi) is 7.14. The van der Waals surface area contributed by atoms with E-state index in [2.05, 4.69) is 42.2 Å². The number of Topliss-reactive ketones (excluding diaryl/α,β-unsaturated/α-hetero) is 1. The summed E-state index contributed by atoms with van der Waals surface area (Å²) in [6.45, 7) is 8.60. The predicted molar refractivity (Wildman–Crippen MR) is 143 cm³/mol. The molecule has 3 heteroatoms. The molecule has 4 aromatic rings. The molecule has 1 N–H and O–H groups in total. The highest BCUT2D eigenvalue weighted by atomic mass is 16.1. The summed E-state index contributed by atoms with van der Waals surface area (Å²) in [7, 11) is 0. The quantitative estimate of drug-likeness (QED) is 0.226. The molecule has 0 saturated carbocycles. The van der Waals surface area contributed by atoms with E-state index in [1.807, 2.05) is 79.7 Å². The second-order valence-electron chi connectivity index (χ2n) is 8.22. The van der Waals surface area contributed by atoms with Crippen molar-refractivity contribution in [2.75, 3.05) is 0 Å². The first-order valence-electron chi connectivity index (χ1n) is 11.3. The highest BCUT2D eigenvalue weighted by Gasteiger charge is 2.14. The second kappa shape index (κ2) is 10.6. The first-order valence-corrected chi connectivity index (χ1v) is 11.3. The number of nitrogens with zero attached hydrogens (tertiary/aromatic N) is 1. The van der Waals surface area contributed by atoms with Crippen LogP contribution in [0.1, 0.15) is 40.9 Å². The van der Waals surface area contributed by atoms with E-state index in [1.54, 1.807) is 6.92 Å². The normalized spacial score (nSPS) is 11.2. The van der Waals surface area contributed by atoms with E-state index in [9.17, 15) is 4.79 Å². The Morgan fingerprint density at radius 2 is 1.44 bits per heavy atom. The van der Waals surface area contributed by atoms with Crippen LogP contribution in [0.3, 0.4) is 0 Å². The van der Waals surface area contributed by atoms with Crippen molar-refractivity contribution in [3.8, 4) is 11.1 Å². The fourth-order valence-corrected chi connectivity index (χ4v) is 3.91. The van der Waals surface area contributed by atoms with Crippen LogP contribution in [0.2, 0.25) is 0 Å². The lowest BCUT2D eigenvalue weighted by Gasteiger charge is -2.17. The maximum atomic E-state index is 11.9. The monoisotopic (exact) mass is 444 g/mol. The SMILES string of the molecule is C=C(NCc1ccccc1)c1c(/N=C(\C)c2cccc(C(C)=O)c2)cccc1-c1ccccc1. The van der Waals surface area contributed by atoms with Crippen LogP contribution in [-0.2, 0) is 6.54 Å². The van der Waals surface area contributed by atoms with Gasteiger partial charge in [-0.2, -0.15) is 0 Å². The molecule has 0 spiro atoms. The van der Waals surface area contributed by atoms with Gasteiger partial charge in [0.25, 0.3) is 0 Å². The number of carbonyl (C=O) groups excluding carboxylic acids is 1. The summed E-state index contributed by atoms with van der Waals surface area (Å²) in [5.74, 6) is 0.0416. The number of hydrogen-bond donors (Lipinski definition) is 1. The van der Waals surface area contributed by atoms with Crippen molar-refractivity contribution in [1.82, 2.24) is 5.32 Å². The first kappa shape index (κ1) is 22.9. The number of rotatable bonds is 8. The summed E-state index contributed by atoms with van der Waals surface area (Å²) in [4.78, 5) is 16.8. The molecular weight excluding hydrogens is 416 g/mol. The molecule has 0 aliphatic rings. The van der Waals surface area contributed by atoms with E-state index in [0.29, 0.717) is 12.1 Å². The largest absolute Gasteiger partial charge is 0.381 e. The molecular formula is C31H28N2O. The van der Waals surface area contributed by atoms with Crippen LogP contribution in [0.4, 0.5) is 5.69 Å². The molecule has 34 heavy (non-hydrogen) atoms. The fraction of sp³-hybridized carbons (Fsp3) is 0.0968. The van der Waals surface area contributed by atoms with Crippen molar-refractivity contribution < 1.29 is 4.79 Å². The molecule has 3 nitrogen and oxygen atoms in total. The van der Waals surface area contributed by atoms with Crippen molar-refractivity contribution in [3.63, 3.8) is 0 Å². The number of aliphatic imine (C=N–C) groups is 1. The number of hydrogen-bond acceptors (Lipinski definition) is 3. The van der Waals surface area contributed by atoms with Gasteiger partial charge in [0, 0.05) is 29.1 Å². The standard InChI is InChI=1S/C31H28N2O/c1-22(27-16-10-17-28(20-27)24(3)34)33-30-19-11-18-29(26-14-8-5-9-15-26)31(30)23(2)32-21-25-12-6-4-7-13-25/h4-20,32H,2,21H2,1,3H3/b33-22+. The molecule has 0 aromatic heterocycles. The van der Waals surface area contributed by atoms with Gasteiger partial charge in [-0.05, 0) is 48.2 Å². The van der Waals surface area contributed by atoms with E-state index in [4.69, 9.17) is 4.99 Å². The van der Waals surface area contributed by atoms with Crippen LogP contribution in [0.5, 0.6) is 0 Å². The summed E-state index contributed by atoms with van der Waals surface area (Å²) in [5.41, 5.74) is 8.40. The van der Waals surface area contributed by atoms with Crippen molar-refractivity contribution in [1.29, 1.82) is 0 Å². The molecule has 168 valence electrons. The van der Waals surface area contributed by atoms with Gasteiger partial charge in [-0.15, -0.1) is 0 Å². The van der Waals surface area contributed by atoms with E-state index in [-0.39, 0.29) is 5.78 Å². The maximum absolute atomic E-state index is 11.9. The molecule has 0 heterocycles. The van der Waals surface area contributed by atoms with E-state index in [1.165, 1.54) is 5.56 Å². The average molecular weight is 445 g/mol. The lowest BCUT2D eigenvalue weighted by molar-refractivity contribution is 0.101. The summed E-state index contributed by atoms with van der Waals surface area (Å²) < 4.78 is 0. The third-order valence-corrected chi connectivity index (χ3v) is 5.75. The van der Waals surface area contributed by atoms with Gasteiger partial charge in [-0.3, -0.25) is 9.79 Å². The Hall–Kier alpha value is -4.24. The zero-order valence-electron chi connectivity index (χ0n) is 19.6. The average Bonchev–Trinajstić information content (AvgIpc) is 2.88. The van der Waals surface area contributed by atoms with Crippen LogP contribution in [0, 0.1) is 0 Å². The second-order valence-corrected chi connectivity index (χ2v) is 8.22. The van der Waals surface area contributed by atoms with Gasteiger partial charge in [0.1, 0.15) is 0 Å². The van der Waals surface area contributed by atoms with Crippen molar-refractivity contribution >= 4 is 22.9 Å². The highest BCUT2D eigenvalue weighted by Crippen LogP contribution is 2.35. The molecule has 0 amide bonds. The zero-order valence-corrected chi connectivity index (χ0v) is 19.6. The summed E-state index contributed by atoms with van der Waals surface area (Å²) in [6.07, 6.45) is 0. The van der Waals surface area contributed by atoms with E-state index >= 15 is 0 Å². The number of benzene rings is 4. The highest BCUT2D eigenvalue weighted by molar-refractivity contribution is 6.04. The lowest BCUT2D eigenvalue weighted by Crippen LogP contribution is -2.12. The molecule has 0 atom stereocenters. The van der Waals surface area contributed by atoms with Gasteiger partial charge in [-0.1, -0.05) is 97.6 Å². The number of nitrogens with one attached hydrogen (secondary N) is 1. The summed E-state index contributed by atoms with van der Waals surface area (Å²) >= 11 is 0. The molecule has 4 aromatic carbocycles. The smallest absolute Gasteiger partial charge is 0.159 e. The third kappa shape index (κ3) is 5.38. The van der Waals surface area contributed by atoms with Crippen molar-refractivity contribution in [2.24, 2.45) is 4.99 Å². The molecule has 0 unspecified atom stereocenters.